The topological polar surface area (TPSA) is 43.9 Å². The van der Waals surface area contributed by atoms with Gasteiger partial charge in [-0.3, -0.25) is 14.5 Å². The van der Waals surface area contributed by atoms with Gasteiger partial charge in [0.05, 0.1) is 0 Å². The van der Waals surface area contributed by atoms with Crippen molar-refractivity contribution in [2.75, 3.05) is 45.8 Å². The average Bonchev–Trinajstić information content (AvgIpc) is 3.40. The Morgan fingerprint density at radius 2 is 1.58 bits per heavy atom. The van der Waals surface area contributed by atoms with Crippen LogP contribution in [-0.2, 0) is 11.2 Å². The van der Waals surface area contributed by atoms with Crippen molar-refractivity contribution in [1.29, 1.82) is 0 Å². The molecule has 5 rings (SSSR count). The number of rotatable bonds is 5. The fourth-order valence-electron chi connectivity index (χ4n) is 5.08. The van der Waals surface area contributed by atoms with Gasteiger partial charge in [0.1, 0.15) is 0 Å². The van der Waals surface area contributed by atoms with E-state index < -0.39 is 0 Å². The number of hydrogen-bond acceptors (Lipinski definition) is 4. The van der Waals surface area contributed by atoms with E-state index in [1.165, 1.54) is 4.88 Å². The normalized spacial score (nSPS) is 18.1. The van der Waals surface area contributed by atoms with Crippen LogP contribution < -0.4 is 0 Å². The highest BCUT2D eigenvalue weighted by atomic mass is 32.1. The lowest BCUT2D eigenvalue weighted by Crippen LogP contribution is -2.52. The molecule has 3 heterocycles. The largest absolute Gasteiger partial charge is 0.340 e. The van der Waals surface area contributed by atoms with Crippen LogP contribution in [0.1, 0.15) is 28.1 Å². The molecule has 172 valence electrons. The van der Waals surface area contributed by atoms with Gasteiger partial charge in [0.2, 0.25) is 5.91 Å². The molecule has 2 amide bonds. The summed E-state index contributed by atoms with van der Waals surface area (Å²) in [6, 6.07) is 18.2. The van der Waals surface area contributed by atoms with Crippen LogP contribution in [0, 0.1) is 5.92 Å². The molecule has 33 heavy (non-hydrogen) atoms. The minimum Gasteiger partial charge on any atom is -0.340 e. The van der Waals surface area contributed by atoms with Crippen molar-refractivity contribution in [3.8, 4) is 0 Å². The van der Waals surface area contributed by atoms with E-state index in [0.29, 0.717) is 13.1 Å². The lowest BCUT2D eigenvalue weighted by Gasteiger charge is -2.38. The Morgan fingerprint density at radius 1 is 0.818 bits per heavy atom. The van der Waals surface area contributed by atoms with Crippen LogP contribution >= 0.6 is 11.3 Å². The summed E-state index contributed by atoms with van der Waals surface area (Å²) in [6.45, 7) is 5.91. The van der Waals surface area contributed by atoms with E-state index in [1.54, 1.807) is 0 Å². The number of fused-ring (bicyclic) bond motifs is 1. The molecule has 1 aromatic heterocycles. The summed E-state index contributed by atoms with van der Waals surface area (Å²) in [6.07, 6.45) is 2.61. The Balaban J connectivity index is 1.11. The molecule has 2 aliphatic rings. The van der Waals surface area contributed by atoms with Crippen molar-refractivity contribution < 1.29 is 9.59 Å². The standard InChI is InChI=1S/C27H31N3O2S/c31-26(30-18-16-28(17-19-30)13-12-23-7-4-20-33-23)22-10-14-29(15-11-22)27(32)25-9-3-6-21-5-1-2-8-24(21)25/h1-9,20,22H,10-19H2. The number of amides is 2. The molecular weight excluding hydrogens is 430 g/mol. The first kappa shape index (κ1) is 22.1. The van der Waals surface area contributed by atoms with Gasteiger partial charge in [0.15, 0.2) is 0 Å². The lowest BCUT2D eigenvalue weighted by molar-refractivity contribution is -0.138. The second kappa shape index (κ2) is 10.1. The van der Waals surface area contributed by atoms with Gasteiger partial charge < -0.3 is 9.80 Å². The van der Waals surface area contributed by atoms with E-state index >= 15 is 0 Å². The lowest BCUT2D eigenvalue weighted by atomic mass is 9.94. The highest BCUT2D eigenvalue weighted by Gasteiger charge is 2.32. The molecule has 2 aliphatic heterocycles. The van der Waals surface area contributed by atoms with Gasteiger partial charge >= 0.3 is 0 Å². The highest BCUT2D eigenvalue weighted by molar-refractivity contribution is 7.09. The number of carbonyl (C=O) groups is 2. The molecule has 0 unspecified atom stereocenters. The fourth-order valence-corrected chi connectivity index (χ4v) is 5.78. The summed E-state index contributed by atoms with van der Waals surface area (Å²) < 4.78 is 0. The molecule has 3 aromatic rings. The van der Waals surface area contributed by atoms with Gasteiger partial charge in [-0.25, -0.2) is 0 Å². The minimum atomic E-state index is 0.0410. The second-order valence-electron chi connectivity index (χ2n) is 9.09. The number of nitrogens with zero attached hydrogens (tertiary/aromatic N) is 3. The van der Waals surface area contributed by atoms with Crippen molar-refractivity contribution in [3.63, 3.8) is 0 Å². The van der Waals surface area contributed by atoms with Gasteiger partial charge in [-0.2, -0.15) is 0 Å². The van der Waals surface area contributed by atoms with Gasteiger partial charge in [-0.05, 0) is 47.5 Å². The van der Waals surface area contributed by atoms with Crippen LogP contribution in [0.25, 0.3) is 10.8 Å². The zero-order valence-corrected chi connectivity index (χ0v) is 19.8. The van der Waals surface area contributed by atoms with Gasteiger partial charge in [0.25, 0.3) is 5.91 Å². The Labute approximate surface area is 199 Å². The summed E-state index contributed by atoms with van der Waals surface area (Å²) in [4.78, 5) is 34.2. The molecular formula is C27H31N3O2S. The predicted molar refractivity (Wildman–Crippen MR) is 134 cm³/mol. The zero-order chi connectivity index (χ0) is 22.6. The van der Waals surface area contributed by atoms with Crippen molar-refractivity contribution in [2.45, 2.75) is 19.3 Å². The molecule has 0 radical (unpaired) electrons. The van der Waals surface area contributed by atoms with Gasteiger partial charge in [-0.15, -0.1) is 11.3 Å². The maximum absolute atomic E-state index is 13.2. The first-order valence-electron chi connectivity index (χ1n) is 12.0. The van der Waals surface area contributed by atoms with E-state index in [-0.39, 0.29) is 17.7 Å². The predicted octanol–water partition coefficient (Wildman–Crippen LogP) is 4.14. The number of likely N-dealkylation sites (tertiary alicyclic amines) is 1. The maximum Gasteiger partial charge on any atom is 0.254 e. The first-order chi connectivity index (χ1) is 16.2. The number of carbonyl (C=O) groups excluding carboxylic acids is 2. The third-order valence-corrected chi connectivity index (χ3v) is 8.03. The molecule has 2 saturated heterocycles. The Bertz CT molecular complexity index is 1090. The summed E-state index contributed by atoms with van der Waals surface area (Å²) in [5.74, 6) is 0.404. The van der Waals surface area contributed by atoms with Crippen LogP contribution in [0.15, 0.2) is 60.0 Å². The van der Waals surface area contributed by atoms with Crippen molar-refractivity contribution in [3.05, 3.63) is 70.4 Å². The molecule has 6 heteroatoms. The van der Waals surface area contributed by atoms with Crippen LogP contribution in [0.3, 0.4) is 0 Å². The smallest absolute Gasteiger partial charge is 0.254 e. The van der Waals surface area contributed by atoms with Crippen molar-refractivity contribution in [2.24, 2.45) is 5.92 Å². The number of piperazine rings is 1. The molecule has 0 bridgehead atoms. The molecule has 0 aliphatic carbocycles. The number of thiophene rings is 1. The molecule has 0 N–H and O–H groups in total. The molecule has 5 nitrogen and oxygen atoms in total. The summed E-state index contributed by atoms with van der Waals surface area (Å²) in [7, 11) is 0. The van der Waals surface area contributed by atoms with Gasteiger partial charge in [-0.1, -0.05) is 42.5 Å². The average molecular weight is 462 g/mol. The fraction of sp³-hybridized carbons (Fsp3) is 0.407. The van der Waals surface area contributed by atoms with Crippen molar-refractivity contribution in [1.82, 2.24) is 14.7 Å². The third-order valence-electron chi connectivity index (χ3n) is 7.09. The summed E-state index contributed by atoms with van der Waals surface area (Å²) in [5.41, 5.74) is 0.761. The SMILES string of the molecule is O=C(c1cccc2ccccc12)N1CCC(C(=O)N2CCN(CCc3cccs3)CC2)CC1. The Morgan fingerprint density at radius 3 is 2.33 bits per heavy atom. The number of hydrogen-bond donors (Lipinski definition) is 0. The second-order valence-corrected chi connectivity index (χ2v) is 10.1. The molecule has 2 fully saturated rings. The van der Waals surface area contributed by atoms with E-state index in [1.807, 2.05) is 58.7 Å². The minimum absolute atomic E-state index is 0.0410. The number of benzene rings is 2. The Hall–Kier alpha value is -2.70. The van der Waals surface area contributed by atoms with E-state index in [0.717, 1.165) is 68.3 Å². The van der Waals surface area contributed by atoms with Crippen LogP contribution in [-0.4, -0.2) is 72.3 Å². The molecule has 2 aromatic carbocycles. The van der Waals surface area contributed by atoms with Crippen LogP contribution in [0.5, 0.6) is 0 Å². The molecule has 0 saturated carbocycles. The summed E-state index contributed by atoms with van der Waals surface area (Å²) >= 11 is 1.82. The quantitative estimate of drug-likeness (QED) is 0.574. The van der Waals surface area contributed by atoms with E-state index in [4.69, 9.17) is 0 Å². The van der Waals surface area contributed by atoms with Crippen molar-refractivity contribution >= 4 is 33.9 Å². The van der Waals surface area contributed by atoms with E-state index in [2.05, 4.69) is 27.3 Å². The molecule has 0 atom stereocenters. The highest BCUT2D eigenvalue weighted by Crippen LogP contribution is 2.25. The van der Waals surface area contributed by atoms with Crippen LogP contribution in [0.4, 0.5) is 0 Å². The van der Waals surface area contributed by atoms with Gasteiger partial charge in [0, 0.05) is 62.2 Å². The van der Waals surface area contributed by atoms with E-state index in [9.17, 15) is 9.59 Å². The number of piperidine rings is 1. The summed E-state index contributed by atoms with van der Waals surface area (Å²) in [5, 5.41) is 4.22. The zero-order valence-electron chi connectivity index (χ0n) is 19.0. The first-order valence-corrected chi connectivity index (χ1v) is 12.9. The Kier molecular flexibility index (Phi) is 6.74. The monoisotopic (exact) mass is 461 g/mol. The van der Waals surface area contributed by atoms with Crippen LogP contribution in [0.2, 0.25) is 0 Å². The molecule has 0 spiro atoms. The maximum atomic E-state index is 13.2. The third kappa shape index (κ3) is 4.97.